The number of carbonyl (C=O) groups excluding carboxylic acids is 2. The Balaban J connectivity index is 1.69. The van der Waals surface area contributed by atoms with Crippen LogP contribution < -0.4 is 10.7 Å². The highest BCUT2D eigenvalue weighted by atomic mass is 16.3. The summed E-state index contributed by atoms with van der Waals surface area (Å²) in [6.07, 6.45) is 9.38. The van der Waals surface area contributed by atoms with E-state index in [1.807, 2.05) is 17.9 Å². The number of fused-ring (bicyclic) bond motifs is 2. The van der Waals surface area contributed by atoms with E-state index in [2.05, 4.69) is 26.1 Å². The number of pyridine rings is 1. The van der Waals surface area contributed by atoms with Crippen molar-refractivity contribution in [3.63, 3.8) is 0 Å². The van der Waals surface area contributed by atoms with Gasteiger partial charge in [-0.05, 0) is 48.6 Å². The van der Waals surface area contributed by atoms with Gasteiger partial charge >= 0.3 is 0 Å². The number of hydrogen-bond donors (Lipinski definition) is 1. The largest absolute Gasteiger partial charge is 0.467 e. The van der Waals surface area contributed by atoms with E-state index in [1.54, 1.807) is 23.1 Å². The third-order valence-electron chi connectivity index (χ3n) is 6.96. The zero-order valence-corrected chi connectivity index (χ0v) is 20.1. The lowest BCUT2D eigenvalue weighted by molar-refractivity contribution is 0.0706. The van der Waals surface area contributed by atoms with Crippen molar-refractivity contribution in [2.45, 2.75) is 72.4 Å². The number of nitrogens with zero attached hydrogens (tertiary/aromatic N) is 2. The van der Waals surface area contributed by atoms with Gasteiger partial charge in [-0.3, -0.25) is 14.4 Å². The van der Waals surface area contributed by atoms with Crippen LogP contribution in [0.15, 0.2) is 40.0 Å². The predicted molar refractivity (Wildman–Crippen MR) is 126 cm³/mol. The number of aromatic nitrogens is 1. The van der Waals surface area contributed by atoms with Gasteiger partial charge in [0.15, 0.2) is 0 Å². The number of hydrogen-bond acceptors (Lipinski definition) is 4. The van der Waals surface area contributed by atoms with Gasteiger partial charge in [-0.1, -0.05) is 34.1 Å². The molecule has 0 radical (unpaired) electrons. The minimum atomic E-state index is -0.504. The highest BCUT2D eigenvalue weighted by Gasteiger charge is 2.51. The quantitative estimate of drug-likeness (QED) is 0.641. The molecule has 2 aromatic rings. The van der Waals surface area contributed by atoms with Crippen molar-refractivity contribution in [3.05, 3.63) is 57.9 Å². The van der Waals surface area contributed by atoms with Crippen molar-refractivity contribution in [1.29, 1.82) is 0 Å². The Morgan fingerprint density at radius 1 is 1.18 bits per heavy atom. The molecule has 1 aliphatic carbocycles. The fraction of sp³-hybridized carbons (Fsp3) is 0.577. The Hall–Kier alpha value is -2.83. The van der Waals surface area contributed by atoms with Crippen LogP contribution in [0.25, 0.3) is 0 Å². The van der Waals surface area contributed by atoms with Crippen molar-refractivity contribution in [3.8, 4) is 0 Å². The molecule has 4 rings (SSSR count). The maximum absolute atomic E-state index is 13.7. The zero-order chi connectivity index (χ0) is 23.8. The van der Waals surface area contributed by atoms with Gasteiger partial charge < -0.3 is 19.2 Å². The van der Waals surface area contributed by atoms with Gasteiger partial charge in [0.05, 0.1) is 12.8 Å². The molecule has 0 spiro atoms. The molecule has 2 atom stereocenters. The van der Waals surface area contributed by atoms with E-state index in [0.717, 1.165) is 32.1 Å². The van der Waals surface area contributed by atoms with Gasteiger partial charge in [0.25, 0.3) is 11.8 Å². The van der Waals surface area contributed by atoms with Crippen LogP contribution in [0, 0.1) is 10.8 Å². The number of furan rings is 1. The molecule has 1 aliphatic heterocycles. The first-order chi connectivity index (χ1) is 15.6. The van der Waals surface area contributed by atoms with Crippen LogP contribution in [0.4, 0.5) is 0 Å². The lowest BCUT2D eigenvalue weighted by Gasteiger charge is -2.39. The summed E-state index contributed by atoms with van der Waals surface area (Å²) in [4.78, 5) is 41.8. The monoisotopic (exact) mass is 453 g/mol. The van der Waals surface area contributed by atoms with Crippen LogP contribution in [-0.4, -0.2) is 40.4 Å². The summed E-state index contributed by atoms with van der Waals surface area (Å²) in [6.45, 7) is 10.2. The smallest absolute Gasteiger partial charge is 0.259 e. The van der Waals surface area contributed by atoms with Crippen LogP contribution in [-0.2, 0) is 6.54 Å². The van der Waals surface area contributed by atoms with E-state index < -0.39 is 11.3 Å². The third kappa shape index (κ3) is 4.92. The SMILES string of the molecule is CCCCNC(=O)c1cn(Cc2ccco2)cc(C(=O)N2C[C@@]3(C)C[C@@H]2CC(C)(C)C3)c1=O. The molecule has 7 heteroatoms. The lowest BCUT2D eigenvalue weighted by Crippen LogP contribution is -2.41. The average molecular weight is 454 g/mol. The number of rotatable bonds is 7. The Bertz CT molecular complexity index is 1090. The van der Waals surface area contributed by atoms with Crippen molar-refractivity contribution in [1.82, 2.24) is 14.8 Å². The Labute approximate surface area is 195 Å². The highest BCUT2D eigenvalue weighted by Crippen LogP contribution is 2.52. The van der Waals surface area contributed by atoms with E-state index in [9.17, 15) is 14.4 Å². The van der Waals surface area contributed by atoms with Gasteiger partial charge in [-0.15, -0.1) is 0 Å². The second kappa shape index (κ2) is 8.84. The molecule has 33 heavy (non-hydrogen) atoms. The second-order valence-electron chi connectivity index (χ2n) is 10.9. The summed E-state index contributed by atoms with van der Waals surface area (Å²) in [6, 6.07) is 3.73. The first-order valence-electron chi connectivity index (χ1n) is 12.0. The first kappa shape index (κ1) is 23.3. The van der Waals surface area contributed by atoms with E-state index >= 15 is 0 Å². The number of nitrogens with one attached hydrogen (secondary N) is 1. The maximum atomic E-state index is 13.7. The van der Waals surface area contributed by atoms with Gasteiger partial charge in [0.2, 0.25) is 5.43 Å². The molecule has 3 heterocycles. The zero-order valence-electron chi connectivity index (χ0n) is 20.1. The average Bonchev–Trinajstić information content (AvgIpc) is 3.33. The summed E-state index contributed by atoms with van der Waals surface area (Å²) in [5.41, 5.74) is -0.233. The number of likely N-dealkylation sites (tertiary alicyclic amines) is 1. The normalized spacial score (nSPS) is 23.5. The van der Waals surface area contributed by atoms with Crippen molar-refractivity contribution in [2.24, 2.45) is 10.8 Å². The van der Waals surface area contributed by atoms with Crippen molar-refractivity contribution in [2.75, 3.05) is 13.1 Å². The Kier molecular flexibility index (Phi) is 6.25. The van der Waals surface area contributed by atoms with Crippen molar-refractivity contribution < 1.29 is 14.0 Å². The van der Waals surface area contributed by atoms with Crippen LogP contribution in [0.5, 0.6) is 0 Å². The fourth-order valence-corrected chi connectivity index (χ4v) is 5.95. The molecule has 2 aromatic heterocycles. The number of amides is 2. The summed E-state index contributed by atoms with van der Waals surface area (Å²) in [7, 11) is 0. The van der Waals surface area contributed by atoms with Gasteiger partial charge in [0, 0.05) is 31.5 Å². The Morgan fingerprint density at radius 2 is 1.94 bits per heavy atom. The van der Waals surface area contributed by atoms with E-state index in [0.29, 0.717) is 25.4 Å². The summed E-state index contributed by atoms with van der Waals surface area (Å²) in [5, 5.41) is 2.82. The molecular formula is C26H35N3O4. The van der Waals surface area contributed by atoms with E-state index in [4.69, 9.17) is 4.42 Å². The summed E-state index contributed by atoms with van der Waals surface area (Å²) in [5.74, 6) is -0.0342. The van der Waals surface area contributed by atoms with E-state index in [1.165, 1.54) is 6.20 Å². The molecule has 2 fully saturated rings. The molecule has 2 amide bonds. The molecule has 2 aliphatic rings. The molecule has 1 saturated carbocycles. The molecule has 7 nitrogen and oxygen atoms in total. The topological polar surface area (TPSA) is 84.6 Å². The van der Waals surface area contributed by atoms with Gasteiger partial charge in [-0.25, -0.2) is 0 Å². The van der Waals surface area contributed by atoms with Crippen LogP contribution in [0.2, 0.25) is 0 Å². The summed E-state index contributed by atoms with van der Waals surface area (Å²) >= 11 is 0. The minimum absolute atomic E-state index is 0.00257. The number of unbranched alkanes of at least 4 members (excludes halogenated alkanes) is 1. The highest BCUT2D eigenvalue weighted by molar-refractivity contribution is 5.99. The third-order valence-corrected chi connectivity index (χ3v) is 6.96. The fourth-order valence-electron chi connectivity index (χ4n) is 5.95. The lowest BCUT2D eigenvalue weighted by atomic mass is 9.65. The van der Waals surface area contributed by atoms with Crippen LogP contribution in [0.3, 0.4) is 0 Å². The van der Waals surface area contributed by atoms with Crippen LogP contribution >= 0.6 is 0 Å². The molecule has 178 valence electrons. The first-order valence-corrected chi connectivity index (χ1v) is 12.0. The number of carbonyl (C=O) groups is 2. The van der Waals surface area contributed by atoms with Gasteiger partial charge in [-0.2, -0.15) is 0 Å². The molecule has 0 unspecified atom stereocenters. The molecule has 1 N–H and O–H groups in total. The second-order valence-corrected chi connectivity index (χ2v) is 10.9. The molecular weight excluding hydrogens is 418 g/mol. The van der Waals surface area contributed by atoms with Crippen LogP contribution in [0.1, 0.15) is 86.3 Å². The Morgan fingerprint density at radius 3 is 2.64 bits per heavy atom. The maximum Gasteiger partial charge on any atom is 0.259 e. The predicted octanol–water partition coefficient (Wildman–Crippen LogP) is 4.06. The van der Waals surface area contributed by atoms with E-state index in [-0.39, 0.29) is 33.9 Å². The standard InChI is InChI=1S/C26H35N3O4/c1-5-6-9-27-23(31)20-14-28(13-19-8-7-10-33-19)15-21(22(20)30)24(32)29-17-26(4)12-18(29)11-25(2,3)16-26/h7-8,10,14-15,18H,5-6,9,11-13,16-17H2,1-4H3,(H,27,31)/t18-,26-/m0/s1. The molecule has 2 bridgehead atoms. The molecule has 1 saturated heterocycles. The molecule has 0 aromatic carbocycles. The van der Waals surface area contributed by atoms with Gasteiger partial charge in [0.1, 0.15) is 16.9 Å². The summed E-state index contributed by atoms with van der Waals surface area (Å²) < 4.78 is 7.15. The minimum Gasteiger partial charge on any atom is -0.467 e. The van der Waals surface area contributed by atoms with Crippen molar-refractivity contribution >= 4 is 11.8 Å².